The minimum atomic E-state index is -0.484. The van der Waals surface area contributed by atoms with Gasteiger partial charge in [0.05, 0.1) is 12.4 Å². The molecule has 0 unspecified atom stereocenters. The van der Waals surface area contributed by atoms with Gasteiger partial charge in [-0.15, -0.1) is 0 Å². The van der Waals surface area contributed by atoms with Crippen molar-refractivity contribution >= 4 is 28.0 Å². The van der Waals surface area contributed by atoms with Crippen LogP contribution in [0, 0.1) is 6.92 Å². The summed E-state index contributed by atoms with van der Waals surface area (Å²) in [6, 6.07) is 6.11. The van der Waals surface area contributed by atoms with E-state index in [1.165, 1.54) is 5.56 Å². The molecule has 29 heavy (non-hydrogen) atoms. The highest BCUT2D eigenvalue weighted by molar-refractivity contribution is 9.10. The molecule has 1 saturated heterocycles. The summed E-state index contributed by atoms with van der Waals surface area (Å²) in [6.45, 7) is 10.6. The lowest BCUT2D eigenvalue weighted by Gasteiger charge is -2.35. The Bertz CT molecular complexity index is 844. The molecule has 3 rings (SSSR count). The first kappa shape index (κ1) is 21.4. The highest BCUT2D eigenvalue weighted by Crippen LogP contribution is 2.19. The molecule has 0 aliphatic carbocycles. The molecule has 0 radical (unpaired) electrons. The van der Waals surface area contributed by atoms with Crippen LogP contribution in [0.2, 0.25) is 0 Å². The molecule has 2 heterocycles. The predicted molar refractivity (Wildman–Crippen MR) is 115 cm³/mol. The highest BCUT2D eigenvalue weighted by atomic mass is 79.9. The summed E-state index contributed by atoms with van der Waals surface area (Å²) in [5, 5.41) is 0. The van der Waals surface area contributed by atoms with Crippen molar-refractivity contribution in [1.82, 2.24) is 14.9 Å². The molecule has 0 saturated carbocycles. The monoisotopic (exact) mass is 462 g/mol. The van der Waals surface area contributed by atoms with Gasteiger partial charge in [0, 0.05) is 30.7 Å². The van der Waals surface area contributed by atoms with Gasteiger partial charge in [-0.05, 0) is 51.0 Å². The molecule has 8 heteroatoms. The number of aryl methyl sites for hydroxylation is 1. The van der Waals surface area contributed by atoms with E-state index in [0.29, 0.717) is 44.5 Å². The molecule has 0 bridgehead atoms. The van der Waals surface area contributed by atoms with Crippen LogP contribution in [0.25, 0.3) is 0 Å². The number of carbonyl (C=O) groups excluding carboxylic acids is 1. The fourth-order valence-electron chi connectivity index (χ4n) is 2.95. The Morgan fingerprint density at radius 3 is 2.38 bits per heavy atom. The zero-order chi connectivity index (χ0) is 21.0. The number of amides is 1. The number of anilines is 1. The molecule has 0 atom stereocenters. The average Bonchev–Trinajstić information content (AvgIpc) is 2.66. The van der Waals surface area contributed by atoms with Crippen molar-refractivity contribution in [3.05, 3.63) is 46.2 Å². The predicted octanol–water partition coefficient (Wildman–Crippen LogP) is 4.18. The maximum atomic E-state index is 12.2. The Morgan fingerprint density at radius 2 is 1.79 bits per heavy atom. The van der Waals surface area contributed by atoms with Crippen molar-refractivity contribution in [2.24, 2.45) is 0 Å². The molecule has 0 spiro atoms. The maximum absolute atomic E-state index is 12.2. The summed E-state index contributed by atoms with van der Waals surface area (Å²) < 4.78 is 12.3. The number of benzene rings is 1. The second kappa shape index (κ2) is 8.98. The van der Waals surface area contributed by atoms with E-state index in [2.05, 4.69) is 43.8 Å². The number of rotatable bonds is 4. The molecule has 1 fully saturated rings. The number of hydrogen-bond donors (Lipinski definition) is 0. The Kier molecular flexibility index (Phi) is 6.62. The third-order valence-electron chi connectivity index (χ3n) is 4.53. The molecule has 156 valence electrons. The van der Waals surface area contributed by atoms with Crippen molar-refractivity contribution in [2.75, 3.05) is 31.1 Å². The van der Waals surface area contributed by atoms with Crippen LogP contribution < -0.4 is 9.64 Å². The van der Waals surface area contributed by atoms with E-state index in [1.54, 1.807) is 17.3 Å². The zero-order valence-corrected chi connectivity index (χ0v) is 18.9. The normalized spacial score (nSPS) is 14.7. The Balaban J connectivity index is 1.51. The first-order valence-corrected chi connectivity index (χ1v) is 10.4. The van der Waals surface area contributed by atoms with Crippen molar-refractivity contribution in [2.45, 2.75) is 39.9 Å². The minimum Gasteiger partial charge on any atom is -0.486 e. The Morgan fingerprint density at radius 1 is 1.14 bits per heavy atom. The van der Waals surface area contributed by atoms with Crippen molar-refractivity contribution in [1.29, 1.82) is 0 Å². The molecular formula is C21H27BrN4O3. The van der Waals surface area contributed by atoms with E-state index in [4.69, 9.17) is 9.47 Å². The van der Waals surface area contributed by atoms with Crippen LogP contribution in [0.3, 0.4) is 0 Å². The van der Waals surface area contributed by atoms with E-state index >= 15 is 0 Å². The molecule has 1 amide bonds. The standard InChI is InChI=1S/C21H27BrN4O3/c1-15-11-17(22)6-5-16(15)14-28-18-12-23-19(24-13-18)25-7-9-26(10-8-25)20(27)29-21(2,3)4/h5-6,11-13H,7-10,14H2,1-4H3. The zero-order valence-electron chi connectivity index (χ0n) is 17.3. The quantitative estimate of drug-likeness (QED) is 0.678. The number of ether oxygens (including phenoxy) is 2. The van der Waals surface area contributed by atoms with Gasteiger partial charge in [0.1, 0.15) is 12.2 Å². The van der Waals surface area contributed by atoms with Crippen LogP contribution in [0.4, 0.5) is 10.7 Å². The summed E-state index contributed by atoms with van der Waals surface area (Å²) in [5.74, 6) is 1.27. The largest absolute Gasteiger partial charge is 0.486 e. The van der Waals surface area contributed by atoms with E-state index < -0.39 is 5.60 Å². The van der Waals surface area contributed by atoms with E-state index in [0.717, 1.165) is 10.0 Å². The summed E-state index contributed by atoms with van der Waals surface area (Å²) in [7, 11) is 0. The third-order valence-corrected chi connectivity index (χ3v) is 5.02. The lowest BCUT2D eigenvalue weighted by Crippen LogP contribution is -2.50. The molecule has 2 aromatic rings. The number of carbonyl (C=O) groups is 1. The second-order valence-corrected chi connectivity index (χ2v) is 8.95. The van der Waals surface area contributed by atoms with Gasteiger partial charge in [-0.25, -0.2) is 14.8 Å². The number of piperazine rings is 1. The van der Waals surface area contributed by atoms with Gasteiger partial charge in [-0.1, -0.05) is 22.0 Å². The van der Waals surface area contributed by atoms with E-state index in [9.17, 15) is 4.79 Å². The van der Waals surface area contributed by atoms with Crippen LogP contribution in [-0.2, 0) is 11.3 Å². The fourth-order valence-corrected chi connectivity index (χ4v) is 3.42. The van der Waals surface area contributed by atoms with E-state index in [1.807, 2.05) is 32.9 Å². The smallest absolute Gasteiger partial charge is 0.410 e. The SMILES string of the molecule is Cc1cc(Br)ccc1COc1cnc(N2CCN(C(=O)OC(C)(C)C)CC2)nc1. The number of hydrogen-bond acceptors (Lipinski definition) is 6. The minimum absolute atomic E-state index is 0.273. The van der Waals surface area contributed by atoms with Crippen LogP contribution in [-0.4, -0.2) is 52.7 Å². The molecular weight excluding hydrogens is 436 g/mol. The van der Waals surface area contributed by atoms with Gasteiger partial charge < -0.3 is 19.3 Å². The molecule has 1 aromatic carbocycles. The first-order valence-electron chi connectivity index (χ1n) is 9.64. The lowest BCUT2D eigenvalue weighted by atomic mass is 10.1. The maximum Gasteiger partial charge on any atom is 0.410 e. The summed E-state index contributed by atoms with van der Waals surface area (Å²) in [5.41, 5.74) is 1.80. The summed E-state index contributed by atoms with van der Waals surface area (Å²) >= 11 is 3.47. The van der Waals surface area contributed by atoms with Crippen LogP contribution in [0.5, 0.6) is 5.75 Å². The van der Waals surface area contributed by atoms with Crippen molar-refractivity contribution in [3.8, 4) is 5.75 Å². The van der Waals surface area contributed by atoms with Crippen molar-refractivity contribution < 1.29 is 14.3 Å². The van der Waals surface area contributed by atoms with Crippen LogP contribution in [0.15, 0.2) is 35.1 Å². The molecule has 7 nitrogen and oxygen atoms in total. The third kappa shape index (κ3) is 6.06. The van der Waals surface area contributed by atoms with Gasteiger partial charge >= 0.3 is 6.09 Å². The van der Waals surface area contributed by atoms with Gasteiger partial charge in [0.15, 0.2) is 5.75 Å². The number of halogens is 1. The van der Waals surface area contributed by atoms with Crippen LogP contribution >= 0.6 is 15.9 Å². The lowest BCUT2D eigenvalue weighted by molar-refractivity contribution is 0.0240. The average molecular weight is 463 g/mol. The van der Waals surface area contributed by atoms with Gasteiger partial charge in [0.2, 0.25) is 5.95 Å². The molecule has 1 aliphatic heterocycles. The second-order valence-electron chi connectivity index (χ2n) is 8.03. The first-order chi connectivity index (χ1) is 13.7. The van der Waals surface area contributed by atoms with Crippen molar-refractivity contribution in [3.63, 3.8) is 0 Å². The van der Waals surface area contributed by atoms with Crippen LogP contribution in [0.1, 0.15) is 31.9 Å². The molecule has 1 aliphatic rings. The Labute approximate surface area is 180 Å². The molecule has 1 aromatic heterocycles. The Hall–Kier alpha value is -2.35. The highest BCUT2D eigenvalue weighted by Gasteiger charge is 2.26. The van der Waals surface area contributed by atoms with Gasteiger partial charge in [-0.2, -0.15) is 0 Å². The van der Waals surface area contributed by atoms with E-state index in [-0.39, 0.29) is 6.09 Å². The van der Waals surface area contributed by atoms with Gasteiger partial charge in [-0.3, -0.25) is 0 Å². The summed E-state index contributed by atoms with van der Waals surface area (Å²) in [6.07, 6.45) is 3.11. The number of aromatic nitrogens is 2. The topological polar surface area (TPSA) is 67.8 Å². The fraction of sp³-hybridized carbons (Fsp3) is 0.476. The van der Waals surface area contributed by atoms with Gasteiger partial charge in [0.25, 0.3) is 0 Å². The molecule has 0 N–H and O–H groups in total. The summed E-state index contributed by atoms with van der Waals surface area (Å²) in [4.78, 5) is 24.8. The number of nitrogens with zero attached hydrogens (tertiary/aromatic N) is 4.